The average molecular weight is 289 g/mol. The number of carbonyl (C=O) groups excluding carboxylic acids is 1. The van der Waals surface area contributed by atoms with E-state index in [2.05, 4.69) is 11.5 Å². The van der Waals surface area contributed by atoms with E-state index in [1.807, 2.05) is 26.0 Å². The van der Waals surface area contributed by atoms with E-state index in [0.717, 1.165) is 11.3 Å². The minimum atomic E-state index is -0.408. The van der Waals surface area contributed by atoms with Gasteiger partial charge in [0.15, 0.2) is 5.76 Å². The Kier molecular flexibility index (Phi) is 5.00. The number of aryl methyl sites for hydroxylation is 2. The third-order valence-electron chi connectivity index (χ3n) is 2.90. The lowest BCUT2D eigenvalue weighted by Gasteiger charge is -2.08. The van der Waals surface area contributed by atoms with Gasteiger partial charge in [0.05, 0.1) is 6.61 Å². The van der Waals surface area contributed by atoms with E-state index in [1.54, 1.807) is 19.1 Å². The molecule has 0 radical (unpaired) electrons. The summed E-state index contributed by atoms with van der Waals surface area (Å²) in [6.45, 7) is 6.48. The standard InChI is InChI=1S/C16H19NO4/c1-4-20-17-16(18)15-8-6-13(21-15)10-19-14-7-5-11(2)9-12(14)3/h5-9H,4,10H2,1-3H3,(H,17,18). The van der Waals surface area contributed by atoms with Crippen molar-refractivity contribution in [3.63, 3.8) is 0 Å². The van der Waals surface area contributed by atoms with Crippen LogP contribution < -0.4 is 10.2 Å². The molecule has 1 N–H and O–H groups in total. The van der Waals surface area contributed by atoms with Gasteiger partial charge in [-0.3, -0.25) is 9.63 Å². The van der Waals surface area contributed by atoms with Crippen LogP contribution in [0.1, 0.15) is 34.4 Å². The van der Waals surface area contributed by atoms with Crippen molar-refractivity contribution >= 4 is 5.91 Å². The van der Waals surface area contributed by atoms with Gasteiger partial charge in [-0.15, -0.1) is 0 Å². The van der Waals surface area contributed by atoms with E-state index in [0.29, 0.717) is 12.4 Å². The highest BCUT2D eigenvalue weighted by molar-refractivity contribution is 5.90. The molecule has 0 atom stereocenters. The zero-order valence-corrected chi connectivity index (χ0v) is 12.4. The van der Waals surface area contributed by atoms with E-state index in [1.165, 1.54) is 5.56 Å². The van der Waals surface area contributed by atoms with Crippen LogP contribution in [-0.2, 0) is 11.4 Å². The van der Waals surface area contributed by atoms with Gasteiger partial charge in [-0.05, 0) is 44.5 Å². The van der Waals surface area contributed by atoms with E-state index in [-0.39, 0.29) is 12.4 Å². The first kappa shape index (κ1) is 15.1. The van der Waals surface area contributed by atoms with Crippen molar-refractivity contribution in [2.45, 2.75) is 27.4 Å². The number of nitrogens with one attached hydrogen (secondary N) is 1. The Morgan fingerprint density at radius 2 is 2.05 bits per heavy atom. The highest BCUT2D eigenvalue weighted by Crippen LogP contribution is 2.20. The van der Waals surface area contributed by atoms with Crippen LogP contribution in [0.25, 0.3) is 0 Å². The number of benzene rings is 1. The van der Waals surface area contributed by atoms with Crippen molar-refractivity contribution in [1.29, 1.82) is 0 Å². The Morgan fingerprint density at radius 3 is 2.76 bits per heavy atom. The molecule has 0 aliphatic heterocycles. The number of hydrogen-bond donors (Lipinski definition) is 1. The smallest absolute Gasteiger partial charge is 0.310 e. The maximum absolute atomic E-state index is 11.6. The molecule has 2 rings (SSSR count). The van der Waals surface area contributed by atoms with Crippen LogP contribution in [0.5, 0.6) is 5.75 Å². The number of rotatable bonds is 6. The molecule has 21 heavy (non-hydrogen) atoms. The predicted octanol–water partition coefficient (Wildman–Crippen LogP) is 3.16. The molecule has 0 unspecified atom stereocenters. The molecule has 1 heterocycles. The normalized spacial score (nSPS) is 10.4. The second-order valence-corrected chi connectivity index (χ2v) is 4.69. The van der Waals surface area contributed by atoms with E-state index >= 15 is 0 Å². The van der Waals surface area contributed by atoms with Crippen molar-refractivity contribution in [3.8, 4) is 5.75 Å². The average Bonchev–Trinajstić information content (AvgIpc) is 2.93. The van der Waals surface area contributed by atoms with Crippen LogP contribution in [0, 0.1) is 13.8 Å². The van der Waals surface area contributed by atoms with Gasteiger partial charge in [-0.2, -0.15) is 0 Å². The van der Waals surface area contributed by atoms with Crippen molar-refractivity contribution in [2.24, 2.45) is 0 Å². The van der Waals surface area contributed by atoms with Crippen LogP contribution >= 0.6 is 0 Å². The number of furan rings is 1. The Balaban J connectivity index is 1.95. The summed E-state index contributed by atoms with van der Waals surface area (Å²) in [5.74, 6) is 1.17. The number of hydrogen-bond acceptors (Lipinski definition) is 4. The third-order valence-corrected chi connectivity index (χ3v) is 2.90. The summed E-state index contributed by atoms with van der Waals surface area (Å²) in [6.07, 6.45) is 0. The van der Waals surface area contributed by atoms with Crippen LogP contribution in [0.3, 0.4) is 0 Å². The Morgan fingerprint density at radius 1 is 1.24 bits per heavy atom. The van der Waals surface area contributed by atoms with Crippen molar-refractivity contribution in [3.05, 3.63) is 53.0 Å². The molecule has 5 nitrogen and oxygen atoms in total. The second kappa shape index (κ2) is 6.95. The molecule has 1 aromatic heterocycles. The molecule has 5 heteroatoms. The fourth-order valence-electron chi connectivity index (χ4n) is 1.88. The molecular formula is C16H19NO4. The van der Waals surface area contributed by atoms with Gasteiger partial charge in [0.25, 0.3) is 0 Å². The maximum Gasteiger partial charge on any atom is 0.310 e. The molecule has 0 saturated carbocycles. The van der Waals surface area contributed by atoms with Gasteiger partial charge in [0.1, 0.15) is 18.1 Å². The molecule has 112 valence electrons. The molecular weight excluding hydrogens is 270 g/mol. The third kappa shape index (κ3) is 4.10. The van der Waals surface area contributed by atoms with E-state index < -0.39 is 5.91 Å². The van der Waals surface area contributed by atoms with Crippen LogP contribution in [-0.4, -0.2) is 12.5 Å². The van der Waals surface area contributed by atoms with Crippen LogP contribution in [0.15, 0.2) is 34.7 Å². The highest BCUT2D eigenvalue weighted by atomic mass is 16.7. The lowest BCUT2D eigenvalue weighted by atomic mass is 10.1. The van der Waals surface area contributed by atoms with E-state index in [9.17, 15) is 4.79 Å². The topological polar surface area (TPSA) is 60.7 Å². The molecule has 0 fully saturated rings. The number of carbonyl (C=O) groups is 1. The summed E-state index contributed by atoms with van der Waals surface area (Å²) in [7, 11) is 0. The van der Waals surface area contributed by atoms with Crippen molar-refractivity contribution < 1.29 is 18.8 Å². The lowest BCUT2D eigenvalue weighted by Crippen LogP contribution is -2.22. The molecule has 2 aromatic rings. The van der Waals surface area contributed by atoms with Gasteiger partial charge in [0.2, 0.25) is 0 Å². The first-order valence-corrected chi connectivity index (χ1v) is 6.81. The molecule has 0 aliphatic carbocycles. The summed E-state index contributed by atoms with van der Waals surface area (Å²) in [6, 6.07) is 9.28. The van der Waals surface area contributed by atoms with Gasteiger partial charge >= 0.3 is 5.91 Å². The molecule has 0 spiro atoms. The molecule has 0 saturated heterocycles. The summed E-state index contributed by atoms with van der Waals surface area (Å²) in [5, 5.41) is 0. The Labute approximate surface area is 123 Å². The predicted molar refractivity (Wildman–Crippen MR) is 78.0 cm³/mol. The van der Waals surface area contributed by atoms with Gasteiger partial charge in [-0.25, -0.2) is 5.48 Å². The monoisotopic (exact) mass is 289 g/mol. The quantitative estimate of drug-likeness (QED) is 0.830. The zero-order valence-electron chi connectivity index (χ0n) is 12.4. The van der Waals surface area contributed by atoms with Gasteiger partial charge in [-0.1, -0.05) is 17.7 Å². The first-order chi connectivity index (χ1) is 10.1. The summed E-state index contributed by atoms with van der Waals surface area (Å²) in [4.78, 5) is 16.4. The van der Waals surface area contributed by atoms with E-state index in [4.69, 9.17) is 14.0 Å². The summed E-state index contributed by atoms with van der Waals surface area (Å²) < 4.78 is 11.1. The fourth-order valence-corrected chi connectivity index (χ4v) is 1.88. The Bertz CT molecular complexity index is 618. The lowest BCUT2D eigenvalue weighted by molar-refractivity contribution is 0.0338. The SMILES string of the molecule is CCONC(=O)c1ccc(COc2ccc(C)cc2C)o1. The summed E-state index contributed by atoms with van der Waals surface area (Å²) >= 11 is 0. The molecule has 0 aliphatic rings. The number of hydroxylamine groups is 1. The number of ether oxygens (including phenoxy) is 1. The Hall–Kier alpha value is -2.27. The highest BCUT2D eigenvalue weighted by Gasteiger charge is 2.11. The minimum Gasteiger partial charge on any atom is -0.485 e. The minimum absolute atomic E-state index is 0.197. The largest absolute Gasteiger partial charge is 0.485 e. The number of amides is 1. The second-order valence-electron chi connectivity index (χ2n) is 4.69. The van der Waals surface area contributed by atoms with Gasteiger partial charge < -0.3 is 9.15 Å². The van der Waals surface area contributed by atoms with Crippen molar-refractivity contribution in [1.82, 2.24) is 5.48 Å². The van der Waals surface area contributed by atoms with Crippen molar-refractivity contribution in [2.75, 3.05) is 6.61 Å². The van der Waals surface area contributed by atoms with Crippen LogP contribution in [0.4, 0.5) is 0 Å². The maximum atomic E-state index is 11.6. The fraction of sp³-hybridized carbons (Fsp3) is 0.312. The van der Waals surface area contributed by atoms with Crippen LogP contribution in [0.2, 0.25) is 0 Å². The molecule has 1 aromatic carbocycles. The molecule has 0 bridgehead atoms. The van der Waals surface area contributed by atoms with Gasteiger partial charge in [0, 0.05) is 0 Å². The first-order valence-electron chi connectivity index (χ1n) is 6.81. The summed E-state index contributed by atoms with van der Waals surface area (Å²) in [5.41, 5.74) is 4.53. The zero-order chi connectivity index (χ0) is 15.2. The molecule has 1 amide bonds.